The van der Waals surface area contributed by atoms with Gasteiger partial charge in [-0.3, -0.25) is 4.79 Å². The highest BCUT2D eigenvalue weighted by molar-refractivity contribution is 6.69. The molecule has 0 heterocycles. The van der Waals surface area contributed by atoms with Crippen LogP contribution >= 0.6 is 34.8 Å². The first-order chi connectivity index (χ1) is 12.9. The van der Waals surface area contributed by atoms with E-state index in [0.29, 0.717) is 11.3 Å². The first kappa shape index (κ1) is 24.5. The molecule has 1 amide bonds. The molecule has 1 unspecified atom stereocenters. The molecule has 0 radical (unpaired) electrons. The molecular weight excluding hydrogens is 433 g/mol. The van der Waals surface area contributed by atoms with Crippen LogP contribution in [0.1, 0.15) is 18.9 Å². The average Bonchev–Trinajstić information content (AvgIpc) is 2.61. The first-order valence-corrected chi connectivity index (χ1v) is 9.32. The van der Waals surface area contributed by atoms with Gasteiger partial charge in [0.2, 0.25) is 0 Å². The van der Waals surface area contributed by atoms with E-state index in [-0.39, 0.29) is 19.4 Å². The smallest absolute Gasteiger partial charge is 0.332 e. The summed E-state index contributed by atoms with van der Waals surface area (Å²) in [7, 11) is 1.51. The number of esters is 1. The van der Waals surface area contributed by atoms with Crippen molar-refractivity contribution in [1.82, 2.24) is 5.32 Å². The van der Waals surface area contributed by atoms with Crippen molar-refractivity contribution in [3.05, 3.63) is 42.5 Å². The second-order valence-corrected chi connectivity index (χ2v) is 8.23. The van der Waals surface area contributed by atoms with E-state index in [1.807, 2.05) is 0 Å². The number of carbonyl (C=O) groups is 2. The fourth-order valence-electron chi connectivity index (χ4n) is 2.41. The lowest BCUT2D eigenvalue weighted by Crippen LogP contribution is -2.64. The van der Waals surface area contributed by atoms with Crippen LogP contribution in [0.4, 0.5) is 0 Å². The maximum Gasteiger partial charge on any atom is 0.332 e. The van der Waals surface area contributed by atoms with Crippen molar-refractivity contribution in [2.45, 2.75) is 34.9 Å². The van der Waals surface area contributed by atoms with Crippen LogP contribution in [-0.4, -0.2) is 50.9 Å². The molecule has 0 aliphatic heterocycles. The molecule has 156 valence electrons. The van der Waals surface area contributed by atoms with Crippen molar-refractivity contribution >= 4 is 46.7 Å². The lowest BCUT2D eigenvalue weighted by Gasteiger charge is -2.35. The van der Waals surface area contributed by atoms with Gasteiger partial charge in [-0.1, -0.05) is 53.0 Å². The summed E-state index contributed by atoms with van der Waals surface area (Å²) < 4.78 is 7.42. The molecule has 0 fully saturated rings. The Labute approximate surface area is 178 Å². The highest BCUT2D eigenvalue weighted by Crippen LogP contribution is 2.37. The predicted octanol–water partition coefficient (Wildman–Crippen LogP) is 2.28. The zero-order valence-electron chi connectivity index (χ0n) is 15.4. The number of ether oxygens (including phenoxy) is 2. The fourth-order valence-corrected chi connectivity index (χ4v) is 2.67. The minimum absolute atomic E-state index is 0.0318. The second kappa shape index (κ2) is 9.80. The van der Waals surface area contributed by atoms with Gasteiger partial charge in [0.15, 0.2) is 0 Å². The Hall–Kier alpha value is -1.51. The molecule has 0 bridgehead atoms. The Morgan fingerprint density at radius 1 is 1.21 bits per heavy atom. The highest BCUT2D eigenvalue weighted by Gasteiger charge is 2.55. The third kappa shape index (κ3) is 5.75. The Morgan fingerprint density at radius 2 is 1.79 bits per heavy atom. The van der Waals surface area contributed by atoms with Gasteiger partial charge in [0.05, 0.1) is 13.7 Å². The fraction of sp³-hybridized carbons (Fsp3) is 0.444. The maximum absolute atomic E-state index is 12.7. The van der Waals surface area contributed by atoms with Crippen LogP contribution in [0.25, 0.3) is 0 Å². The largest absolute Gasteiger partial charge is 0.497 e. The number of alkyl halides is 3. The molecule has 10 heteroatoms. The number of hydrogen-bond acceptors (Lipinski definition) is 6. The monoisotopic (exact) mass is 453 g/mol. The topological polar surface area (TPSA) is 105 Å². The van der Waals surface area contributed by atoms with Gasteiger partial charge in [-0.05, 0) is 31.0 Å². The second-order valence-electron chi connectivity index (χ2n) is 5.94. The number of benzene rings is 1. The van der Waals surface area contributed by atoms with E-state index in [4.69, 9.17) is 44.3 Å². The molecule has 7 nitrogen and oxygen atoms in total. The summed E-state index contributed by atoms with van der Waals surface area (Å²) >= 11 is 16.4. The summed E-state index contributed by atoms with van der Waals surface area (Å²) in [4.78, 5) is 25.2. The maximum atomic E-state index is 12.7. The Kier molecular flexibility index (Phi) is 8.59. The number of aliphatic hydroxyl groups is 2. The molecule has 1 aromatic rings. The van der Waals surface area contributed by atoms with Gasteiger partial charge >= 0.3 is 5.97 Å². The molecule has 0 saturated heterocycles. The van der Waals surface area contributed by atoms with Gasteiger partial charge in [-0.15, -0.1) is 6.58 Å². The lowest BCUT2D eigenvalue weighted by atomic mass is 9.86. The normalized spacial score (nSPS) is 14.0. The first-order valence-electron chi connectivity index (χ1n) is 8.18. The number of carbonyl (C=O) groups excluding carboxylic acids is 2. The summed E-state index contributed by atoms with van der Waals surface area (Å²) in [6.45, 7) is 5.22. The third-order valence-electron chi connectivity index (χ3n) is 3.89. The Bertz CT molecular complexity index is 702. The summed E-state index contributed by atoms with van der Waals surface area (Å²) in [5.41, 5.74) is -1.08. The van der Waals surface area contributed by atoms with Crippen molar-refractivity contribution in [2.75, 3.05) is 13.7 Å². The highest BCUT2D eigenvalue weighted by atomic mass is 35.6. The molecule has 0 saturated carbocycles. The van der Waals surface area contributed by atoms with Crippen molar-refractivity contribution in [3.8, 4) is 5.75 Å². The Balaban J connectivity index is 3.33. The van der Waals surface area contributed by atoms with Crippen LogP contribution in [0.3, 0.4) is 0 Å². The molecular formula is C18H22Cl3NO6. The summed E-state index contributed by atoms with van der Waals surface area (Å²) in [5.74, 6) is -5.08. The molecule has 28 heavy (non-hydrogen) atoms. The number of methoxy groups -OCH3 is 1. The molecule has 0 aliphatic carbocycles. The molecule has 0 aliphatic rings. The van der Waals surface area contributed by atoms with Crippen molar-refractivity contribution in [3.63, 3.8) is 0 Å². The molecule has 1 rings (SSSR count). The van der Waals surface area contributed by atoms with E-state index in [0.717, 1.165) is 0 Å². The predicted molar refractivity (Wildman–Crippen MR) is 106 cm³/mol. The van der Waals surface area contributed by atoms with E-state index >= 15 is 0 Å². The van der Waals surface area contributed by atoms with Gasteiger partial charge < -0.3 is 25.0 Å². The SMILES string of the molecule is C=CCC(Cc1ccc(OC)cc1)(NC(=O)C(O)(O)C(Cl)(Cl)Cl)C(=O)OCC. The Morgan fingerprint density at radius 3 is 2.21 bits per heavy atom. The van der Waals surface area contributed by atoms with E-state index in [1.165, 1.54) is 13.2 Å². The van der Waals surface area contributed by atoms with Gasteiger partial charge in [-0.2, -0.15) is 0 Å². The minimum Gasteiger partial charge on any atom is -0.497 e. The van der Waals surface area contributed by atoms with E-state index in [1.54, 1.807) is 31.2 Å². The van der Waals surface area contributed by atoms with Gasteiger partial charge in [0.25, 0.3) is 15.5 Å². The number of nitrogens with one attached hydrogen (secondary N) is 1. The van der Waals surface area contributed by atoms with Gasteiger partial charge in [-0.25, -0.2) is 4.79 Å². The lowest BCUT2D eigenvalue weighted by molar-refractivity contribution is -0.187. The van der Waals surface area contributed by atoms with Crippen LogP contribution in [0.15, 0.2) is 36.9 Å². The third-order valence-corrected chi connectivity index (χ3v) is 4.68. The molecule has 1 aromatic carbocycles. The van der Waals surface area contributed by atoms with E-state index < -0.39 is 27.0 Å². The average molecular weight is 455 g/mol. The van der Waals surface area contributed by atoms with Crippen LogP contribution in [0, 0.1) is 0 Å². The van der Waals surface area contributed by atoms with Crippen molar-refractivity contribution < 1.29 is 29.3 Å². The molecule has 3 N–H and O–H groups in total. The summed E-state index contributed by atoms with van der Waals surface area (Å²) in [6, 6.07) is 6.71. The molecule has 1 atom stereocenters. The van der Waals surface area contributed by atoms with E-state index in [9.17, 15) is 19.8 Å². The van der Waals surface area contributed by atoms with Crippen molar-refractivity contribution in [1.29, 1.82) is 0 Å². The van der Waals surface area contributed by atoms with E-state index in [2.05, 4.69) is 11.9 Å². The van der Waals surface area contributed by atoms with Crippen LogP contribution in [0.2, 0.25) is 0 Å². The van der Waals surface area contributed by atoms with Crippen LogP contribution < -0.4 is 10.1 Å². The van der Waals surface area contributed by atoms with Crippen molar-refractivity contribution in [2.24, 2.45) is 0 Å². The zero-order chi connectivity index (χ0) is 21.6. The number of halogens is 3. The van der Waals surface area contributed by atoms with Gasteiger partial charge in [0, 0.05) is 6.42 Å². The standard InChI is InChI=1S/C18H22Cl3NO6/c1-4-10-16(15(24)28-5-2,11-12-6-8-13(27-3)9-7-12)22-14(23)17(25,26)18(19,20)21/h4,6-9,25-26H,1,5,10-11H2,2-3H3,(H,22,23). The number of rotatable bonds is 9. The number of hydrogen-bond donors (Lipinski definition) is 3. The van der Waals surface area contributed by atoms with Gasteiger partial charge in [0.1, 0.15) is 11.3 Å². The quantitative estimate of drug-likeness (QED) is 0.229. The summed E-state index contributed by atoms with van der Waals surface area (Å²) in [6.07, 6.45) is 1.25. The zero-order valence-corrected chi connectivity index (χ0v) is 17.6. The van der Waals surface area contributed by atoms with Crippen LogP contribution in [0.5, 0.6) is 5.75 Å². The summed E-state index contributed by atoms with van der Waals surface area (Å²) in [5, 5.41) is 22.2. The molecule has 0 aromatic heterocycles. The molecule has 0 spiro atoms. The number of amides is 1. The minimum atomic E-state index is -3.39. The van der Waals surface area contributed by atoms with Crippen LogP contribution in [-0.2, 0) is 20.7 Å².